The second kappa shape index (κ2) is 6.52. The fraction of sp³-hybridized carbons (Fsp3) is 0.0625. The fourth-order valence-electron chi connectivity index (χ4n) is 2.23. The number of hydrogen-bond acceptors (Lipinski definition) is 5. The molecule has 3 rings (SSSR count). The minimum Gasteiger partial charge on any atom is -0.331 e. The molecule has 9 heteroatoms. The Hall–Kier alpha value is -2.94. The number of alkyl halides is 3. The quantitative estimate of drug-likeness (QED) is 0.491. The van der Waals surface area contributed by atoms with Crippen molar-refractivity contribution < 1.29 is 18.1 Å². The predicted octanol–water partition coefficient (Wildman–Crippen LogP) is 5.48. The highest BCUT2D eigenvalue weighted by atomic mass is 32.1. The highest BCUT2D eigenvalue weighted by molar-refractivity contribution is 7.13. The van der Waals surface area contributed by atoms with E-state index in [-0.39, 0.29) is 11.3 Å². The summed E-state index contributed by atoms with van der Waals surface area (Å²) in [6.07, 6.45) is -2.92. The van der Waals surface area contributed by atoms with E-state index in [9.17, 15) is 23.3 Å². The summed E-state index contributed by atoms with van der Waals surface area (Å²) in [6.45, 7) is 0. The van der Waals surface area contributed by atoms with E-state index in [0.717, 1.165) is 12.1 Å². The van der Waals surface area contributed by atoms with Gasteiger partial charge >= 0.3 is 6.18 Å². The van der Waals surface area contributed by atoms with Gasteiger partial charge in [-0.15, -0.1) is 11.3 Å². The van der Waals surface area contributed by atoms with Gasteiger partial charge in [0.15, 0.2) is 5.13 Å². The lowest BCUT2D eigenvalue weighted by Gasteiger charge is -2.14. The van der Waals surface area contributed by atoms with Crippen LogP contribution in [-0.4, -0.2) is 9.91 Å². The normalized spacial score (nSPS) is 11.3. The molecule has 1 N–H and O–H groups in total. The number of nitro groups is 1. The van der Waals surface area contributed by atoms with Crippen molar-refractivity contribution in [1.29, 1.82) is 0 Å². The lowest BCUT2D eigenvalue weighted by atomic mass is 10.0. The summed E-state index contributed by atoms with van der Waals surface area (Å²) < 4.78 is 39.1. The van der Waals surface area contributed by atoms with Crippen LogP contribution < -0.4 is 5.32 Å². The van der Waals surface area contributed by atoms with Gasteiger partial charge in [0.05, 0.1) is 10.5 Å². The van der Waals surface area contributed by atoms with Crippen molar-refractivity contribution in [2.75, 3.05) is 5.32 Å². The van der Waals surface area contributed by atoms with Crippen molar-refractivity contribution in [3.63, 3.8) is 0 Å². The van der Waals surface area contributed by atoms with Crippen LogP contribution in [-0.2, 0) is 6.18 Å². The monoisotopic (exact) mass is 365 g/mol. The maximum absolute atomic E-state index is 13.0. The summed E-state index contributed by atoms with van der Waals surface area (Å²) in [6, 6.07) is 8.65. The average molecular weight is 365 g/mol. The van der Waals surface area contributed by atoms with Gasteiger partial charge in [0.25, 0.3) is 5.69 Å². The van der Waals surface area contributed by atoms with Crippen LogP contribution in [0.15, 0.2) is 54.0 Å². The molecule has 3 aromatic rings. The summed E-state index contributed by atoms with van der Waals surface area (Å²) in [4.78, 5) is 14.2. The lowest BCUT2D eigenvalue weighted by Crippen LogP contribution is -2.05. The molecule has 128 valence electrons. The number of aromatic nitrogens is 1. The molecule has 0 radical (unpaired) electrons. The minimum absolute atomic E-state index is 0.134. The summed E-state index contributed by atoms with van der Waals surface area (Å²) >= 11 is 1.30. The topological polar surface area (TPSA) is 68.1 Å². The Morgan fingerprint density at radius 1 is 1.12 bits per heavy atom. The fourth-order valence-corrected chi connectivity index (χ4v) is 2.77. The van der Waals surface area contributed by atoms with Gasteiger partial charge in [-0.2, -0.15) is 13.2 Å². The highest BCUT2D eigenvalue weighted by Gasteiger charge is 2.31. The van der Waals surface area contributed by atoms with Crippen molar-refractivity contribution in [3.8, 4) is 11.1 Å². The molecule has 0 atom stereocenters. The van der Waals surface area contributed by atoms with E-state index in [1.807, 2.05) is 0 Å². The first-order valence-corrected chi connectivity index (χ1v) is 7.85. The molecule has 0 bridgehead atoms. The van der Waals surface area contributed by atoms with Gasteiger partial charge in [-0.25, -0.2) is 4.98 Å². The first kappa shape index (κ1) is 16.9. The van der Waals surface area contributed by atoms with Gasteiger partial charge in [0.2, 0.25) is 0 Å². The van der Waals surface area contributed by atoms with Gasteiger partial charge in [0.1, 0.15) is 0 Å². The molecule has 1 aromatic heterocycles. The maximum Gasteiger partial charge on any atom is 0.416 e. The van der Waals surface area contributed by atoms with Crippen LogP contribution in [0.5, 0.6) is 0 Å². The van der Waals surface area contributed by atoms with E-state index in [0.29, 0.717) is 16.4 Å². The SMILES string of the molecule is O=[N+]([O-])c1ccc(-c2cc(C(F)(F)F)ccc2Nc2nccs2)cc1. The number of hydrogen-bond donors (Lipinski definition) is 1. The maximum atomic E-state index is 13.0. The molecular formula is C16H10F3N3O2S. The van der Waals surface area contributed by atoms with Crippen molar-refractivity contribution in [1.82, 2.24) is 4.98 Å². The van der Waals surface area contributed by atoms with Crippen LogP contribution in [0.4, 0.5) is 29.7 Å². The number of rotatable bonds is 4. The number of benzene rings is 2. The number of anilines is 2. The Balaban J connectivity index is 2.08. The number of thiazole rings is 1. The van der Waals surface area contributed by atoms with E-state index in [2.05, 4.69) is 10.3 Å². The molecule has 0 aliphatic heterocycles. The standard InChI is InChI=1S/C16H10F3N3O2S/c17-16(18,19)11-3-6-14(21-15-20-7-8-25-15)13(9-11)10-1-4-12(5-2-10)22(23)24/h1-9H,(H,20,21). The first-order valence-electron chi connectivity index (χ1n) is 6.97. The average Bonchev–Trinajstić information content (AvgIpc) is 3.07. The molecule has 25 heavy (non-hydrogen) atoms. The molecule has 5 nitrogen and oxygen atoms in total. The first-order chi connectivity index (χ1) is 11.8. The minimum atomic E-state index is -4.49. The summed E-state index contributed by atoms with van der Waals surface area (Å²) in [5.74, 6) is 0. The second-order valence-corrected chi connectivity index (χ2v) is 5.92. The Kier molecular flexibility index (Phi) is 4.41. The van der Waals surface area contributed by atoms with Crippen LogP contribution in [0.25, 0.3) is 11.1 Å². The largest absolute Gasteiger partial charge is 0.416 e. The van der Waals surface area contributed by atoms with Crippen LogP contribution >= 0.6 is 11.3 Å². The van der Waals surface area contributed by atoms with Gasteiger partial charge in [-0.1, -0.05) is 0 Å². The van der Waals surface area contributed by atoms with Gasteiger partial charge in [0, 0.05) is 35.0 Å². The molecule has 0 saturated carbocycles. The molecular weight excluding hydrogens is 355 g/mol. The van der Waals surface area contributed by atoms with E-state index < -0.39 is 16.7 Å². The third kappa shape index (κ3) is 3.77. The van der Waals surface area contributed by atoms with E-state index in [4.69, 9.17) is 0 Å². The third-order valence-corrected chi connectivity index (χ3v) is 4.10. The van der Waals surface area contributed by atoms with Crippen molar-refractivity contribution in [2.45, 2.75) is 6.18 Å². The summed E-state index contributed by atoms with van der Waals surface area (Å²) in [5.41, 5.74) is 0.197. The predicted molar refractivity (Wildman–Crippen MR) is 88.9 cm³/mol. The number of non-ortho nitro benzene ring substituents is 1. The summed E-state index contributed by atoms with van der Waals surface area (Å²) in [7, 11) is 0. The molecule has 0 amide bonds. The van der Waals surface area contributed by atoms with Crippen molar-refractivity contribution in [3.05, 3.63) is 69.7 Å². The van der Waals surface area contributed by atoms with Crippen LogP contribution in [0.1, 0.15) is 5.56 Å². The second-order valence-electron chi connectivity index (χ2n) is 5.02. The van der Waals surface area contributed by atoms with Gasteiger partial charge < -0.3 is 5.32 Å². The number of nitrogens with one attached hydrogen (secondary N) is 1. The van der Waals surface area contributed by atoms with Gasteiger partial charge in [-0.05, 0) is 35.9 Å². The van der Waals surface area contributed by atoms with E-state index >= 15 is 0 Å². The van der Waals surface area contributed by atoms with Crippen LogP contribution in [0.3, 0.4) is 0 Å². The molecule has 0 saturated heterocycles. The van der Waals surface area contributed by atoms with Crippen molar-refractivity contribution in [2.24, 2.45) is 0 Å². The number of nitro benzene ring substituents is 1. The molecule has 1 heterocycles. The highest BCUT2D eigenvalue weighted by Crippen LogP contribution is 2.37. The third-order valence-electron chi connectivity index (χ3n) is 3.41. The Bertz CT molecular complexity index is 894. The number of halogens is 3. The van der Waals surface area contributed by atoms with Crippen LogP contribution in [0, 0.1) is 10.1 Å². The zero-order valence-corrected chi connectivity index (χ0v) is 13.3. The lowest BCUT2D eigenvalue weighted by molar-refractivity contribution is -0.384. The molecule has 0 fully saturated rings. The smallest absolute Gasteiger partial charge is 0.331 e. The van der Waals surface area contributed by atoms with E-state index in [1.54, 1.807) is 11.6 Å². The Morgan fingerprint density at radius 2 is 1.84 bits per heavy atom. The molecule has 0 aliphatic rings. The molecule has 2 aromatic carbocycles. The van der Waals surface area contributed by atoms with Crippen molar-refractivity contribution >= 4 is 27.8 Å². The van der Waals surface area contributed by atoms with E-state index in [1.165, 1.54) is 41.7 Å². The Labute approximate surface area is 143 Å². The zero-order valence-electron chi connectivity index (χ0n) is 12.4. The molecule has 0 unspecified atom stereocenters. The number of nitrogens with zero attached hydrogens (tertiary/aromatic N) is 2. The van der Waals surface area contributed by atoms with Crippen LogP contribution in [0.2, 0.25) is 0 Å². The Morgan fingerprint density at radius 3 is 2.40 bits per heavy atom. The zero-order chi connectivity index (χ0) is 18.0. The molecule has 0 aliphatic carbocycles. The van der Waals surface area contributed by atoms with Gasteiger partial charge in [-0.3, -0.25) is 10.1 Å². The summed E-state index contributed by atoms with van der Waals surface area (Å²) in [5, 5.41) is 16.0. The molecule has 0 spiro atoms.